The highest BCUT2D eigenvalue weighted by atomic mass is 16.5. The molecule has 1 fully saturated rings. The quantitative estimate of drug-likeness (QED) is 0.449. The zero-order valence-corrected chi connectivity index (χ0v) is 19.1. The number of benzene rings is 2. The topological polar surface area (TPSA) is 83.8 Å². The smallest absolute Gasteiger partial charge is 0.246 e. The Bertz CT molecular complexity index is 1100. The Hall–Kier alpha value is -3.65. The van der Waals surface area contributed by atoms with Crippen molar-refractivity contribution in [1.29, 1.82) is 0 Å². The molecule has 1 aliphatic heterocycles. The van der Waals surface area contributed by atoms with Gasteiger partial charge < -0.3 is 20.3 Å². The minimum absolute atomic E-state index is 0.0202. The number of morpholine rings is 1. The van der Waals surface area contributed by atoms with Crippen LogP contribution in [0.2, 0.25) is 0 Å². The van der Waals surface area contributed by atoms with E-state index in [0.717, 1.165) is 30.3 Å². The molecule has 0 saturated carbocycles. The number of rotatable bonds is 6. The fourth-order valence-electron chi connectivity index (χ4n) is 3.99. The van der Waals surface area contributed by atoms with Crippen LogP contribution in [-0.2, 0) is 22.6 Å². The highest BCUT2D eigenvalue weighted by Crippen LogP contribution is 2.25. The molecular formula is C25H30N6O2. The lowest BCUT2D eigenvalue weighted by molar-refractivity contribution is -0.116. The van der Waals surface area contributed by atoms with Crippen molar-refractivity contribution in [2.45, 2.75) is 26.1 Å². The second-order valence-corrected chi connectivity index (χ2v) is 8.01. The van der Waals surface area contributed by atoms with Crippen LogP contribution in [0.25, 0.3) is 0 Å². The fraction of sp³-hybridized carbons (Fsp3) is 0.320. The zero-order valence-electron chi connectivity index (χ0n) is 19.1. The van der Waals surface area contributed by atoms with Crippen molar-refractivity contribution in [3.63, 3.8) is 0 Å². The average molecular weight is 447 g/mol. The summed E-state index contributed by atoms with van der Waals surface area (Å²) in [5.41, 5.74) is 4.26. The molecule has 0 spiro atoms. The number of ether oxygens (including phenoxy) is 1. The molecule has 1 aliphatic rings. The minimum atomic E-state index is -0.116. The van der Waals surface area contributed by atoms with E-state index in [1.54, 1.807) is 30.2 Å². The summed E-state index contributed by atoms with van der Waals surface area (Å²) in [5, 5.41) is 10.4. The maximum atomic E-state index is 12.3. The number of carbonyl (C=O) groups excluding carboxylic acids is 1. The third-order valence-corrected chi connectivity index (χ3v) is 5.64. The van der Waals surface area contributed by atoms with E-state index >= 15 is 0 Å². The molecule has 1 saturated heterocycles. The summed E-state index contributed by atoms with van der Waals surface area (Å²) in [4.78, 5) is 19.0. The molecule has 8 heteroatoms. The van der Waals surface area contributed by atoms with Crippen molar-refractivity contribution in [3.05, 3.63) is 83.7 Å². The van der Waals surface area contributed by atoms with E-state index in [-0.39, 0.29) is 18.6 Å². The van der Waals surface area contributed by atoms with Crippen LogP contribution in [0.1, 0.15) is 22.8 Å². The van der Waals surface area contributed by atoms with Gasteiger partial charge in [0.2, 0.25) is 5.91 Å². The van der Waals surface area contributed by atoms with Gasteiger partial charge in [-0.1, -0.05) is 36.4 Å². The predicted octanol–water partition coefficient (Wildman–Crippen LogP) is 2.98. The van der Waals surface area contributed by atoms with Gasteiger partial charge in [-0.3, -0.25) is 14.5 Å². The van der Waals surface area contributed by atoms with Crippen LogP contribution in [-0.4, -0.2) is 53.3 Å². The minimum Gasteiger partial charge on any atom is -0.370 e. The molecular weight excluding hydrogens is 416 g/mol. The van der Waals surface area contributed by atoms with Crippen molar-refractivity contribution in [3.8, 4) is 0 Å². The molecule has 2 heterocycles. The van der Waals surface area contributed by atoms with Crippen LogP contribution in [0, 0.1) is 6.92 Å². The summed E-state index contributed by atoms with van der Waals surface area (Å²) < 4.78 is 7.65. The highest BCUT2D eigenvalue weighted by Gasteiger charge is 2.25. The Morgan fingerprint density at radius 1 is 1.21 bits per heavy atom. The summed E-state index contributed by atoms with van der Waals surface area (Å²) in [7, 11) is 1.80. The first-order valence-electron chi connectivity index (χ1n) is 11.1. The number of hydrogen-bond acceptors (Lipinski definition) is 4. The van der Waals surface area contributed by atoms with Crippen LogP contribution in [0.15, 0.2) is 72.0 Å². The standard InChI is InChI=1S/C25H30N6O2/c1-19-7-3-4-10-22(19)23-17-30(13-14-33-23)25(26-2)27-16-20-8-5-9-21(15-20)29-24(32)18-31-12-6-11-28-31/h3-12,15,23H,13-14,16-18H2,1-2H3,(H,26,27)(H,29,32). The van der Waals surface area contributed by atoms with Crippen molar-refractivity contribution >= 4 is 17.6 Å². The van der Waals surface area contributed by atoms with Gasteiger partial charge in [0.25, 0.3) is 0 Å². The van der Waals surface area contributed by atoms with Gasteiger partial charge in [0.05, 0.1) is 13.2 Å². The first-order chi connectivity index (χ1) is 16.1. The predicted molar refractivity (Wildman–Crippen MR) is 129 cm³/mol. The number of amides is 1. The first kappa shape index (κ1) is 22.5. The van der Waals surface area contributed by atoms with E-state index in [1.165, 1.54) is 11.1 Å². The molecule has 2 N–H and O–H groups in total. The van der Waals surface area contributed by atoms with Crippen LogP contribution in [0.5, 0.6) is 0 Å². The number of guanidine groups is 1. The molecule has 2 aromatic carbocycles. The summed E-state index contributed by atoms with van der Waals surface area (Å²) in [6.07, 6.45) is 3.44. The summed E-state index contributed by atoms with van der Waals surface area (Å²) in [6.45, 7) is 5.08. The average Bonchev–Trinajstić information content (AvgIpc) is 3.33. The molecule has 172 valence electrons. The van der Waals surface area contributed by atoms with Crippen molar-refractivity contribution in [1.82, 2.24) is 20.0 Å². The number of carbonyl (C=O) groups is 1. The van der Waals surface area contributed by atoms with Gasteiger partial charge in [-0.25, -0.2) is 0 Å². The lowest BCUT2D eigenvalue weighted by atomic mass is 10.0. The molecule has 0 radical (unpaired) electrons. The van der Waals surface area contributed by atoms with E-state index in [9.17, 15) is 4.79 Å². The fourth-order valence-corrected chi connectivity index (χ4v) is 3.99. The maximum absolute atomic E-state index is 12.3. The van der Waals surface area contributed by atoms with Crippen molar-refractivity contribution in [2.75, 3.05) is 32.1 Å². The van der Waals surface area contributed by atoms with Crippen LogP contribution in [0.3, 0.4) is 0 Å². The van der Waals surface area contributed by atoms with E-state index in [2.05, 4.69) is 50.7 Å². The Morgan fingerprint density at radius 2 is 2.09 bits per heavy atom. The van der Waals surface area contributed by atoms with Gasteiger partial charge in [-0.15, -0.1) is 0 Å². The first-order valence-corrected chi connectivity index (χ1v) is 11.1. The van der Waals surface area contributed by atoms with E-state index in [0.29, 0.717) is 13.2 Å². The van der Waals surface area contributed by atoms with Gasteiger partial charge >= 0.3 is 0 Å². The van der Waals surface area contributed by atoms with Gasteiger partial charge in [0.1, 0.15) is 12.6 Å². The second kappa shape index (κ2) is 10.8. The largest absolute Gasteiger partial charge is 0.370 e. The monoisotopic (exact) mass is 446 g/mol. The van der Waals surface area contributed by atoms with Gasteiger partial charge in [-0.2, -0.15) is 5.10 Å². The number of aryl methyl sites for hydroxylation is 1. The molecule has 1 aromatic heterocycles. The molecule has 3 aromatic rings. The third-order valence-electron chi connectivity index (χ3n) is 5.64. The van der Waals surface area contributed by atoms with Gasteiger partial charge in [0.15, 0.2) is 5.96 Å². The molecule has 8 nitrogen and oxygen atoms in total. The Labute approximate surface area is 194 Å². The van der Waals surface area contributed by atoms with Gasteiger partial charge in [-0.05, 0) is 41.8 Å². The van der Waals surface area contributed by atoms with Gasteiger partial charge in [0, 0.05) is 38.2 Å². The summed E-state index contributed by atoms with van der Waals surface area (Å²) in [6, 6.07) is 18.0. The molecule has 0 bridgehead atoms. The van der Waals surface area contributed by atoms with E-state index in [4.69, 9.17) is 4.74 Å². The Morgan fingerprint density at radius 3 is 2.88 bits per heavy atom. The summed E-state index contributed by atoms with van der Waals surface area (Å²) in [5.74, 6) is 0.722. The zero-order chi connectivity index (χ0) is 23.0. The number of aliphatic imine (C=N–C) groups is 1. The lowest BCUT2D eigenvalue weighted by Gasteiger charge is -2.35. The van der Waals surface area contributed by atoms with Crippen molar-refractivity contribution in [2.24, 2.45) is 4.99 Å². The highest BCUT2D eigenvalue weighted by molar-refractivity contribution is 5.90. The number of anilines is 1. The SMILES string of the molecule is CN=C(NCc1cccc(NC(=O)Cn2cccn2)c1)N1CCOC(c2ccccc2C)C1. The maximum Gasteiger partial charge on any atom is 0.246 e. The molecule has 4 rings (SSSR count). The van der Waals surface area contributed by atoms with E-state index < -0.39 is 0 Å². The normalized spacial score (nSPS) is 16.5. The van der Waals surface area contributed by atoms with Crippen LogP contribution >= 0.6 is 0 Å². The number of hydrogen-bond donors (Lipinski definition) is 2. The van der Waals surface area contributed by atoms with Crippen LogP contribution < -0.4 is 10.6 Å². The second-order valence-electron chi connectivity index (χ2n) is 8.01. The van der Waals surface area contributed by atoms with E-state index in [1.807, 2.05) is 30.3 Å². The molecule has 33 heavy (non-hydrogen) atoms. The molecule has 0 aliphatic carbocycles. The number of nitrogens with one attached hydrogen (secondary N) is 2. The number of nitrogens with zero attached hydrogens (tertiary/aromatic N) is 4. The Kier molecular flexibility index (Phi) is 7.36. The molecule has 1 atom stereocenters. The molecule has 1 amide bonds. The van der Waals surface area contributed by atoms with Crippen molar-refractivity contribution < 1.29 is 9.53 Å². The third kappa shape index (κ3) is 5.98. The number of aromatic nitrogens is 2. The molecule has 1 unspecified atom stereocenters. The lowest BCUT2D eigenvalue weighted by Crippen LogP contribution is -2.48. The van der Waals surface area contributed by atoms with Crippen LogP contribution in [0.4, 0.5) is 5.69 Å². The summed E-state index contributed by atoms with van der Waals surface area (Å²) >= 11 is 0. The Balaban J connectivity index is 1.34.